The number of hydrogen-bond acceptors (Lipinski definition) is 4. The van der Waals surface area contributed by atoms with Gasteiger partial charge in [0.2, 0.25) is 5.91 Å². The van der Waals surface area contributed by atoms with Crippen molar-refractivity contribution in [3.8, 4) is 5.75 Å². The van der Waals surface area contributed by atoms with Crippen LogP contribution in [0, 0.1) is 19.8 Å². The van der Waals surface area contributed by atoms with Crippen LogP contribution >= 0.6 is 0 Å². The van der Waals surface area contributed by atoms with Crippen molar-refractivity contribution in [3.63, 3.8) is 0 Å². The first-order valence-corrected chi connectivity index (χ1v) is 11.0. The molecule has 0 bridgehead atoms. The molecule has 2 atom stereocenters. The number of aryl methyl sites for hydroxylation is 2. The van der Waals surface area contributed by atoms with Crippen molar-refractivity contribution in [2.45, 2.75) is 57.9 Å². The number of pyridine rings is 1. The zero-order valence-electron chi connectivity index (χ0n) is 18.7. The second-order valence-corrected chi connectivity index (χ2v) is 9.05. The van der Waals surface area contributed by atoms with Gasteiger partial charge in [-0.1, -0.05) is 18.9 Å². The fourth-order valence-electron chi connectivity index (χ4n) is 4.20. The third kappa shape index (κ3) is 6.30. The van der Waals surface area contributed by atoms with Crippen molar-refractivity contribution in [2.24, 2.45) is 5.92 Å². The Morgan fingerprint density at radius 3 is 2.53 bits per heavy atom. The smallest absolute Gasteiger partial charge is 0.220 e. The summed E-state index contributed by atoms with van der Waals surface area (Å²) < 4.78 is 0. The maximum absolute atomic E-state index is 12.8. The van der Waals surface area contributed by atoms with Crippen LogP contribution in [0.2, 0.25) is 0 Å². The van der Waals surface area contributed by atoms with Gasteiger partial charge in [-0.15, -0.1) is 0 Å². The molecule has 1 aromatic carbocycles. The molecule has 1 fully saturated rings. The van der Waals surface area contributed by atoms with E-state index in [0.29, 0.717) is 18.7 Å². The quantitative estimate of drug-likeness (QED) is 0.623. The zero-order chi connectivity index (χ0) is 21.7. The summed E-state index contributed by atoms with van der Waals surface area (Å²) in [7, 11) is 4.10. The Morgan fingerprint density at radius 1 is 1.27 bits per heavy atom. The molecule has 5 nitrogen and oxygen atoms in total. The molecule has 3 rings (SSSR count). The van der Waals surface area contributed by atoms with Gasteiger partial charge in [0.15, 0.2) is 0 Å². The van der Waals surface area contributed by atoms with Gasteiger partial charge in [-0.2, -0.15) is 0 Å². The molecule has 1 aliphatic carbocycles. The summed E-state index contributed by atoms with van der Waals surface area (Å²) in [4.78, 5) is 19.2. The van der Waals surface area contributed by atoms with Gasteiger partial charge >= 0.3 is 0 Å². The van der Waals surface area contributed by atoms with E-state index in [1.54, 1.807) is 6.20 Å². The van der Waals surface area contributed by atoms with E-state index in [2.05, 4.69) is 21.3 Å². The molecule has 30 heavy (non-hydrogen) atoms. The fourth-order valence-corrected chi connectivity index (χ4v) is 4.20. The average molecular weight is 410 g/mol. The van der Waals surface area contributed by atoms with Crippen LogP contribution in [0.4, 0.5) is 0 Å². The lowest BCUT2D eigenvalue weighted by Gasteiger charge is -2.27. The third-order valence-electron chi connectivity index (χ3n) is 6.29. The Balaban J connectivity index is 1.60. The largest absolute Gasteiger partial charge is 0.508 e. The van der Waals surface area contributed by atoms with Gasteiger partial charge < -0.3 is 15.3 Å². The van der Waals surface area contributed by atoms with E-state index < -0.39 is 0 Å². The molecule has 0 aliphatic heterocycles. The van der Waals surface area contributed by atoms with Gasteiger partial charge in [0, 0.05) is 31.4 Å². The monoisotopic (exact) mass is 409 g/mol. The fraction of sp³-hybridized carbons (Fsp3) is 0.520. The number of likely N-dealkylation sites (N-methyl/N-ethyl adjacent to an activating group) is 1. The normalized spacial score (nSPS) is 15.8. The highest BCUT2D eigenvalue weighted by molar-refractivity contribution is 5.76. The Hall–Kier alpha value is -2.40. The molecule has 0 saturated heterocycles. The van der Waals surface area contributed by atoms with Gasteiger partial charge in [-0.25, -0.2) is 0 Å². The predicted molar refractivity (Wildman–Crippen MR) is 121 cm³/mol. The summed E-state index contributed by atoms with van der Waals surface area (Å²) in [5, 5.41) is 13.0. The number of phenols is 1. The number of carbonyl (C=O) groups excluding carboxylic acids is 1. The first-order chi connectivity index (χ1) is 14.3. The SMILES string of the molecule is Cc1cc(O)cc(C)c1CC(CNC(=O)CC(CC1CC1)c1cccnc1)N(C)C. The van der Waals surface area contributed by atoms with Gasteiger partial charge in [-0.05, 0) is 93.1 Å². The minimum atomic E-state index is 0.107. The number of aromatic hydroxyl groups is 1. The van der Waals surface area contributed by atoms with Crippen molar-refractivity contribution in [3.05, 3.63) is 58.9 Å². The van der Waals surface area contributed by atoms with E-state index >= 15 is 0 Å². The molecule has 2 N–H and O–H groups in total. The van der Waals surface area contributed by atoms with Crippen LogP contribution in [-0.4, -0.2) is 47.6 Å². The highest BCUT2D eigenvalue weighted by atomic mass is 16.3. The summed E-state index contributed by atoms with van der Waals surface area (Å²) >= 11 is 0. The zero-order valence-corrected chi connectivity index (χ0v) is 18.7. The van der Waals surface area contributed by atoms with E-state index in [1.807, 2.05) is 52.3 Å². The molecule has 5 heteroatoms. The van der Waals surface area contributed by atoms with E-state index in [9.17, 15) is 9.90 Å². The molecule has 0 radical (unpaired) electrons. The Bertz CT molecular complexity index is 824. The van der Waals surface area contributed by atoms with Crippen molar-refractivity contribution >= 4 is 5.91 Å². The molecule has 1 aliphatic rings. The van der Waals surface area contributed by atoms with Crippen molar-refractivity contribution in [1.82, 2.24) is 15.2 Å². The number of benzene rings is 1. The molecule has 1 saturated carbocycles. The van der Waals surface area contributed by atoms with Crippen LogP contribution in [-0.2, 0) is 11.2 Å². The maximum Gasteiger partial charge on any atom is 0.220 e. The van der Waals surface area contributed by atoms with Crippen LogP contribution in [0.15, 0.2) is 36.7 Å². The summed E-state index contributed by atoms with van der Waals surface area (Å²) in [6.07, 6.45) is 8.67. The van der Waals surface area contributed by atoms with Crippen LogP contribution < -0.4 is 5.32 Å². The molecule has 2 unspecified atom stereocenters. The minimum absolute atomic E-state index is 0.107. The lowest BCUT2D eigenvalue weighted by Crippen LogP contribution is -2.42. The number of hydrogen-bond donors (Lipinski definition) is 2. The van der Waals surface area contributed by atoms with Gasteiger partial charge in [0.25, 0.3) is 0 Å². The summed E-state index contributed by atoms with van der Waals surface area (Å²) in [5.74, 6) is 1.42. The number of nitrogens with zero attached hydrogens (tertiary/aromatic N) is 2. The molecule has 1 heterocycles. The topological polar surface area (TPSA) is 65.5 Å². The second-order valence-electron chi connectivity index (χ2n) is 9.05. The number of nitrogens with one attached hydrogen (secondary N) is 1. The molecule has 2 aromatic rings. The molecular weight excluding hydrogens is 374 g/mol. The average Bonchev–Trinajstić information content (AvgIpc) is 3.50. The lowest BCUT2D eigenvalue weighted by molar-refractivity contribution is -0.121. The van der Waals surface area contributed by atoms with Crippen molar-refractivity contribution in [2.75, 3.05) is 20.6 Å². The lowest BCUT2D eigenvalue weighted by atomic mass is 9.91. The van der Waals surface area contributed by atoms with E-state index in [0.717, 1.165) is 29.9 Å². The summed E-state index contributed by atoms with van der Waals surface area (Å²) in [6, 6.07) is 7.86. The van der Waals surface area contributed by atoms with Crippen molar-refractivity contribution in [1.29, 1.82) is 0 Å². The number of phenolic OH excluding ortho intramolecular Hbond substituents is 1. The first kappa shape index (κ1) is 22.3. The van der Waals surface area contributed by atoms with Crippen LogP contribution in [0.1, 0.15) is 53.9 Å². The molecule has 1 aromatic heterocycles. The summed E-state index contributed by atoms with van der Waals surface area (Å²) in [5.41, 5.74) is 4.58. The first-order valence-electron chi connectivity index (χ1n) is 11.0. The standard InChI is InChI=1S/C25H35N3O2/c1-17-10-23(29)11-18(2)24(17)14-22(28(3)4)16-27-25(30)13-21(12-19-7-8-19)20-6-5-9-26-15-20/h5-6,9-11,15,19,21-22,29H,7-8,12-14,16H2,1-4H3,(H,27,30). The highest BCUT2D eigenvalue weighted by Crippen LogP contribution is 2.39. The highest BCUT2D eigenvalue weighted by Gasteiger charge is 2.28. The Morgan fingerprint density at radius 2 is 1.97 bits per heavy atom. The number of amides is 1. The Kier molecular flexibility index (Phi) is 7.48. The van der Waals surface area contributed by atoms with E-state index in [-0.39, 0.29) is 17.9 Å². The molecule has 162 valence electrons. The van der Waals surface area contributed by atoms with Crippen LogP contribution in [0.3, 0.4) is 0 Å². The van der Waals surface area contributed by atoms with Crippen molar-refractivity contribution < 1.29 is 9.90 Å². The van der Waals surface area contributed by atoms with Crippen LogP contribution in [0.5, 0.6) is 5.75 Å². The number of rotatable bonds is 10. The predicted octanol–water partition coefficient (Wildman–Crippen LogP) is 3.97. The summed E-state index contributed by atoms with van der Waals surface area (Å²) in [6.45, 7) is 4.67. The molecular formula is C25H35N3O2. The third-order valence-corrected chi connectivity index (χ3v) is 6.29. The van der Waals surface area contributed by atoms with E-state index in [1.165, 1.54) is 24.0 Å². The molecule has 0 spiro atoms. The van der Waals surface area contributed by atoms with E-state index in [4.69, 9.17) is 0 Å². The van der Waals surface area contributed by atoms with Gasteiger partial charge in [-0.3, -0.25) is 9.78 Å². The number of aromatic nitrogens is 1. The maximum atomic E-state index is 12.8. The minimum Gasteiger partial charge on any atom is -0.508 e. The number of carbonyl (C=O) groups is 1. The van der Waals surface area contributed by atoms with Crippen LogP contribution in [0.25, 0.3) is 0 Å². The molecule has 1 amide bonds. The van der Waals surface area contributed by atoms with Gasteiger partial charge in [0.05, 0.1) is 0 Å². The Labute approximate surface area is 180 Å². The second kappa shape index (κ2) is 10.1. The van der Waals surface area contributed by atoms with Gasteiger partial charge in [0.1, 0.15) is 5.75 Å².